The lowest BCUT2D eigenvalue weighted by atomic mass is 10.1. The molecule has 0 atom stereocenters. The van der Waals surface area contributed by atoms with E-state index in [1.807, 2.05) is 18.2 Å². The topological polar surface area (TPSA) is 26.3 Å². The van der Waals surface area contributed by atoms with Crippen LogP contribution in [-0.4, -0.2) is 13.4 Å². The first-order valence-corrected chi connectivity index (χ1v) is 4.60. The third-order valence-electron chi connectivity index (χ3n) is 2.06. The minimum atomic E-state index is 0.762. The minimum Gasteiger partial charge on any atom is -0.496 e. The molecule has 0 aliphatic heterocycles. The zero-order valence-electron chi connectivity index (χ0n) is 8.49. The standard InChI is InChI=1S/C12H14O2/c1-3-10-6-7-12(14-2)11(9-10)5-4-8-13/h4-9H,3H2,1-2H3/b5-4+. The first-order chi connectivity index (χ1) is 6.81. The average molecular weight is 190 g/mol. The van der Waals surface area contributed by atoms with Crippen molar-refractivity contribution in [1.82, 2.24) is 0 Å². The zero-order chi connectivity index (χ0) is 10.4. The number of carbonyl (C=O) groups is 1. The van der Waals surface area contributed by atoms with Crippen molar-refractivity contribution in [3.63, 3.8) is 0 Å². The van der Waals surface area contributed by atoms with Gasteiger partial charge in [-0.05, 0) is 36.3 Å². The molecule has 0 N–H and O–H groups in total. The monoisotopic (exact) mass is 190 g/mol. The molecule has 0 spiro atoms. The SMILES string of the molecule is CCc1ccc(OC)c(/C=C/C=O)c1. The molecule has 2 heteroatoms. The second-order valence-electron chi connectivity index (χ2n) is 2.93. The van der Waals surface area contributed by atoms with Crippen LogP contribution in [0.3, 0.4) is 0 Å². The van der Waals surface area contributed by atoms with E-state index in [9.17, 15) is 4.79 Å². The lowest BCUT2D eigenvalue weighted by Gasteiger charge is -2.06. The van der Waals surface area contributed by atoms with Gasteiger partial charge in [0.05, 0.1) is 7.11 Å². The number of carbonyl (C=O) groups excluding carboxylic acids is 1. The molecule has 0 aliphatic rings. The molecule has 0 amide bonds. The lowest BCUT2D eigenvalue weighted by molar-refractivity contribution is -0.104. The molecule has 0 saturated carbocycles. The Morgan fingerprint density at radius 1 is 1.43 bits per heavy atom. The highest BCUT2D eigenvalue weighted by Crippen LogP contribution is 2.21. The predicted molar refractivity (Wildman–Crippen MR) is 57.5 cm³/mol. The van der Waals surface area contributed by atoms with Crippen molar-refractivity contribution >= 4 is 12.4 Å². The fourth-order valence-corrected chi connectivity index (χ4v) is 1.28. The van der Waals surface area contributed by atoms with Crippen LogP contribution < -0.4 is 4.74 Å². The minimum absolute atomic E-state index is 0.762. The number of aldehydes is 1. The molecule has 1 aromatic rings. The summed E-state index contributed by atoms with van der Waals surface area (Å²) >= 11 is 0. The number of hydrogen-bond acceptors (Lipinski definition) is 2. The van der Waals surface area contributed by atoms with Crippen molar-refractivity contribution in [2.24, 2.45) is 0 Å². The average Bonchev–Trinajstić information content (AvgIpc) is 2.25. The van der Waals surface area contributed by atoms with E-state index in [-0.39, 0.29) is 0 Å². The summed E-state index contributed by atoms with van der Waals surface area (Å²) < 4.78 is 5.17. The van der Waals surface area contributed by atoms with Crippen LogP contribution in [-0.2, 0) is 11.2 Å². The van der Waals surface area contributed by atoms with Gasteiger partial charge in [0.1, 0.15) is 12.0 Å². The van der Waals surface area contributed by atoms with Crippen LogP contribution in [0.5, 0.6) is 5.75 Å². The van der Waals surface area contributed by atoms with Gasteiger partial charge in [0, 0.05) is 5.56 Å². The molecule has 0 unspecified atom stereocenters. The van der Waals surface area contributed by atoms with Gasteiger partial charge in [-0.1, -0.05) is 13.0 Å². The van der Waals surface area contributed by atoms with Crippen LogP contribution in [0.1, 0.15) is 18.1 Å². The van der Waals surface area contributed by atoms with Crippen LogP contribution in [0.25, 0.3) is 6.08 Å². The van der Waals surface area contributed by atoms with Crippen LogP contribution in [0, 0.1) is 0 Å². The summed E-state index contributed by atoms with van der Waals surface area (Å²) in [4.78, 5) is 10.2. The number of ether oxygens (including phenoxy) is 1. The maximum absolute atomic E-state index is 10.2. The van der Waals surface area contributed by atoms with Crippen molar-refractivity contribution in [3.05, 3.63) is 35.4 Å². The van der Waals surface area contributed by atoms with Gasteiger partial charge in [0.2, 0.25) is 0 Å². The highest BCUT2D eigenvalue weighted by molar-refractivity contribution is 5.75. The van der Waals surface area contributed by atoms with Crippen LogP contribution in [0.15, 0.2) is 24.3 Å². The van der Waals surface area contributed by atoms with Crippen molar-refractivity contribution in [2.75, 3.05) is 7.11 Å². The van der Waals surface area contributed by atoms with Gasteiger partial charge in [-0.2, -0.15) is 0 Å². The molecular formula is C12H14O2. The van der Waals surface area contributed by atoms with E-state index >= 15 is 0 Å². The Labute approximate surface area is 84.2 Å². The van der Waals surface area contributed by atoms with E-state index in [4.69, 9.17) is 4.74 Å². The predicted octanol–water partition coefficient (Wildman–Crippen LogP) is 2.47. The van der Waals surface area contributed by atoms with E-state index in [2.05, 4.69) is 6.92 Å². The van der Waals surface area contributed by atoms with Crippen molar-refractivity contribution in [1.29, 1.82) is 0 Å². The summed E-state index contributed by atoms with van der Waals surface area (Å²) in [5.74, 6) is 0.792. The Balaban J connectivity index is 3.07. The summed E-state index contributed by atoms with van der Waals surface area (Å²) in [6.45, 7) is 2.09. The molecule has 0 saturated heterocycles. The Morgan fingerprint density at radius 3 is 2.79 bits per heavy atom. The summed E-state index contributed by atoms with van der Waals surface area (Å²) in [7, 11) is 1.62. The Morgan fingerprint density at radius 2 is 2.21 bits per heavy atom. The highest BCUT2D eigenvalue weighted by Gasteiger charge is 1.99. The first-order valence-electron chi connectivity index (χ1n) is 4.60. The molecule has 1 aromatic carbocycles. The van der Waals surface area contributed by atoms with Crippen LogP contribution >= 0.6 is 0 Å². The molecular weight excluding hydrogens is 176 g/mol. The number of methoxy groups -OCH3 is 1. The molecule has 0 aromatic heterocycles. The largest absolute Gasteiger partial charge is 0.496 e. The number of hydrogen-bond donors (Lipinski definition) is 0. The van der Waals surface area contributed by atoms with Gasteiger partial charge in [0.25, 0.3) is 0 Å². The second-order valence-corrected chi connectivity index (χ2v) is 2.93. The molecule has 0 aliphatic carbocycles. The second kappa shape index (κ2) is 5.22. The number of aryl methyl sites for hydroxylation is 1. The maximum atomic E-state index is 10.2. The van der Waals surface area contributed by atoms with Gasteiger partial charge in [-0.15, -0.1) is 0 Å². The maximum Gasteiger partial charge on any atom is 0.142 e. The smallest absolute Gasteiger partial charge is 0.142 e. The third-order valence-corrected chi connectivity index (χ3v) is 2.06. The van der Waals surface area contributed by atoms with E-state index in [0.717, 1.165) is 24.0 Å². The van der Waals surface area contributed by atoms with E-state index in [1.165, 1.54) is 11.6 Å². The van der Waals surface area contributed by atoms with Crippen LogP contribution in [0.4, 0.5) is 0 Å². The summed E-state index contributed by atoms with van der Waals surface area (Å²) in [6, 6.07) is 5.97. The number of rotatable bonds is 4. The van der Waals surface area contributed by atoms with Crippen LogP contribution in [0.2, 0.25) is 0 Å². The fourth-order valence-electron chi connectivity index (χ4n) is 1.28. The Kier molecular flexibility index (Phi) is 3.92. The zero-order valence-corrected chi connectivity index (χ0v) is 8.49. The number of benzene rings is 1. The highest BCUT2D eigenvalue weighted by atomic mass is 16.5. The van der Waals surface area contributed by atoms with Gasteiger partial charge in [-0.3, -0.25) is 4.79 Å². The number of allylic oxidation sites excluding steroid dienone is 1. The molecule has 2 nitrogen and oxygen atoms in total. The molecule has 0 bridgehead atoms. The lowest BCUT2D eigenvalue weighted by Crippen LogP contribution is -1.89. The Hall–Kier alpha value is -1.57. The molecule has 0 fully saturated rings. The normalized spacial score (nSPS) is 10.4. The summed E-state index contributed by atoms with van der Waals surface area (Å²) in [5.41, 5.74) is 2.18. The molecule has 1 rings (SSSR count). The van der Waals surface area contributed by atoms with Gasteiger partial charge in [-0.25, -0.2) is 0 Å². The molecule has 0 radical (unpaired) electrons. The van der Waals surface area contributed by atoms with E-state index in [0.29, 0.717) is 0 Å². The van der Waals surface area contributed by atoms with E-state index < -0.39 is 0 Å². The third kappa shape index (κ3) is 2.46. The van der Waals surface area contributed by atoms with E-state index in [1.54, 1.807) is 13.2 Å². The molecule has 0 heterocycles. The fraction of sp³-hybridized carbons (Fsp3) is 0.250. The first kappa shape index (κ1) is 10.5. The van der Waals surface area contributed by atoms with Crippen molar-refractivity contribution in [3.8, 4) is 5.75 Å². The van der Waals surface area contributed by atoms with Gasteiger partial charge < -0.3 is 4.74 Å². The van der Waals surface area contributed by atoms with Crippen molar-refractivity contribution < 1.29 is 9.53 Å². The van der Waals surface area contributed by atoms with Gasteiger partial charge in [0.15, 0.2) is 0 Å². The van der Waals surface area contributed by atoms with Gasteiger partial charge >= 0.3 is 0 Å². The Bertz CT molecular complexity index is 340. The quantitative estimate of drug-likeness (QED) is 0.538. The molecule has 74 valence electrons. The van der Waals surface area contributed by atoms with Crippen molar-refractivity contribution in [2.45, 2.75) is 13.3 Å². The summed E-state index contributed by atoms with van der Waals surface area (Å²) in [6.07, 6.45) is 4.96. The summed E-state index contributed by atoms with van der Waals surface area (Å²) in [5, 5.41) is 0. The molecule has 14 heavy (non-hydrogen) atoms.